The van der Waals surface area contributed by atoms with Crippen LogP contribution in [0.4, 0.5) is 0 Å². The van der Waals surface area contributed by atoms with Crippen LogP contribution in [0.5, 0.6) is 11.5 Å². The number of nitrogens with two attached hydrogens (primary N) is 2. The van der Waals surface area contributed by atoms with Gasteiger partial charge in [-0.05, 0) is 38.0 Å². The number of benzene rings is 1. The van der Waals surface area contributed by atoms with Crippen molar-refractivity contribution < 1.29 is 19.4 Å². The summed E-state index contributed by atoms with van der Waals surface area (Å²) < 4.78 is 10.7. The predicted molar refractivity (Wildman–Crippen MR) is 96.4 cm³/mol. The van der Waals surface area contributed by atoms with Gasteiger partial charge in [0.05, 0.1) is 5.41 Å². The molecule has 1 heterocycles. The van der Waals surface area contributed by atoms with Crippen LogP contribution in [0.15, 0.2) is 18.2 Å². The van der Waals surface area contributed by atoms with Crippen LogP contribution in [-0.4, -0.2) is 54.1 Å². The summed E-state index contributed by atoms with van der Waals surface area (Å²) >= 11 is 0. The van der Waals surface area contributed by atoms with Gasteiger partial charge in [-0.25, -0.2) is 0 Å². The summed E-state index contributed by atoms with van der Waals surface area (Å²) in [5.41, 5.74) is 10.7. The van der Waals surface area contributed by atoms with Crippen molar-refractivity contribution in [3.63, 3.8) is 0 Å². The maximum Gasteiger partial charge on any atom is 0.312 e. The molecule has 1 aromatic rings. The van der Waals surface area contributed by atoms with E-state index in [-0.39, 0.29) is 42.5 Å². The van der Waals surface area contributed by atoms with E-state index in [9.17, 15) is 9.90 Å². The summed E-state index contributed by atoms with van der Waals surface area (Å²) in [4.78, 5) is 14.1. The molecule has 0 aliphatic carbocycles. The highest BCUT2D eigenvalue weighted by Crippen LogP contribution is 2.32. The number of nitrogens with one attached hydrogen (secondary N) is 2. The van der Waals surface area contributed by atoms with Crippen molar-refractivity contribution in [2.45, 2.75) is 19.8 Å². The van der Waals surface area contributed by atoms with Crippen molar-refractivity contribution >= 4 is 17.8 Å². The van der Waals surface area contributed by atoms with Crippen LogP contribution in [0.2, 0.25) is 0 Å². The molecule has 1 fully saturated rings. The Morgan fingerprint density at radius 3 is 2.50 bits per heavy atom. The molecular formula is C17H25N5O4. The van der Waals surface area contributed by atoms with Crippen LogP contribution in [-0.2, 0) is 9.53 Å². The third-order valence-corrected chi connectivity index (χ3v) is 4.55. The first kappa shape index (κ1) is 19.4. The van der Waals surface area contributed by atoms with Crippen LogP contribution in [0.3, 0.4) is 0 Å². The number of likely N-dealkylation sites (tertiary alicyclic amines) is 1. The monoisotopic (exact) mass is 363 g/mol. The van der Waals surface area contributed by atoms with Crippen molar-refractivity contribution in [3.8, 4) is 11.5 Å². The first-order chi connectivity index (χ1) is 12.2. The van der Waals surface area contributed by atoms with Gasteiger partial charge in [0.1, 0.15) is 19.0 Å². The number of phenolic OH excluding ortho intramolecular Hbond substituents is 1. The van der Waals surface area contributed by atoms with E-state index in [1.54, 1.807) is 4.90 Å². The molecule has 1 saturated heterocycles. The van der Waals surface area contributed by atoms with Gasteiger partial charge in [-0.2, -0.15) is 0 Å². The zero-order valence-electron chi connectivity index (χ0n) is 14.7. The van der Waals surface area contributed by atoms with Crippen molar-refractivity contribution in [2.24, 2.45) is 16.9 Å². The van der Waals surface area contributed by atoms with Gasteiger partial charge in [-0.3, -0.25) is 15.6 Å². The number of hydrogen-bond donors (Lipinski definition) is 5. The van der Waals surface area contributed by atoms with E-state index in [2.05, 4.69) is 0 Å². The van der Waals surface area contributed by atoms with E-state index >= 15 is 0 Å². The SMILES string of the molecule is CC1(C(=O)OCCOc2cc(C(=N)N)ccc2O)CCN(C(=N)N)CC1. The molecule has 1 aliphatic rings. The number of esters is 1. The van der Waals surface area contributed by atoms with Gasteiger partial charge in [0.15, 0.2) is 17.5 Å². The Hall–Kier alpha value is -2.97. The fourth-order valence-electron chi connectivity index (χ4n) is 2.70. The van der Waals surface area contributed by atoms with Gasteiger partial charge in [0, 0.05) is 18.7 Å². The van der Waals surface area contributed by atoms with E-state index in [0.29, 0.717) is 31.5 Å². The second kappa shape index (κ2) is 7.94. The number of carbonyl (C=O) groups is 1. The first-order valence-corrected chi connectivity index (χ1v) is 8.29. The molecule has 26 heavy (non-hydrogen) atoms. The second-order valence-corrected chi connectivity index (χ2v) is 6.51. The molecule has 1 aromatic carbocycles. The standard InChI is InChI=1S/C17H25N5O4/c1-17(4-6-22(7-5-17)16(20)21)15(24)26-9-8-25-13-10-11(14(18)19)2-3-12(13)23/h2-3,10,23H,4-9H2,1H3,(H3,18,19)(H3,20,21). The number of nitrogen functional groups attached to an aromatic ring is 1. The Morgan fingerprint density at radius 2 is 1.92 bits per heavy atom. The molecule has 9 nitrogen and oxygen atoms in total. The number of guanidine groups is 1. The summed E-state index contributed by atoms with van der Waals surface area (Å²) in [6.07, 6.45) is 1.13. The van der Waals surface area contributed by atoms with Crippen LogP contribution < -0.4 is 16.2 Å². The zero-order chi connectivity index (χ0) is 19.3. The van der Waals surface area contributed by atoms with Gasteiger partial charge in [0.2, 0.25) is 0 Å². The minimum Gasteiger partial charge on any atom is -0.504 e. The maximum absolute atomic E-state index is 12.3. The highest BCUT2D eigenvalue weighted by atomic mass is 16.6. The van der Waals surface area contributed by atoms with Crippen LogP contribution >= 0.6 is 0 Å². The summed E-state index contributed by atoms with van der Waals surface area (Å²) in [6.45, 7) is 3.03. The van der Waals surface area contributed by atoms with E-state index in [4.69, 9.17) is 31.8 Å². The number of hydrogen-bond acceptors (Lipinski definition) is 6. The molecule has 7 N–H and O–H groups in total. The van der Waals surface area contributed by atoms with Gasteiger partial charge in [-0.1, -0.05) is 0 Å². The molecule has 0 spiro atoms. The third-order valence-electron chi connectivity index (χ3n) is 4.55. The lowest BCUT2D eigenvalue weighted by molar-refractivity contribution is -0.158. The van der Waals surface area contributed by atoms with Crippen molar-refractivity contribution in [1.82, 2.24) is 4.90 Å². The normalized spacial score (nSPS) is 16.0. The summed E-state index contributed by atoms with van der Waals surface area (Å²) in [5, 5.41) is 24.6. The summed E-state index contributed by atoms with van der Waals surface area (Å²) in [7, 11) is 0. The second-order valence-electron chi connectivity index (χ2n) is 6.51. The van der Waals surface area contributed by atoms with Crippen molar-refractivity contribution in [3.05, 3.63) is 23.8 Å². The summed E-state index contributed by atoms with van der Waals surface area (Å²) in [5.74, 6) is -0.335. The number of carbonyl (C=O) groups excluding carboxylic acids is 1. The van der Waals surface area contributed by atoms with Crippen LogP contribution in [0, 0.1) is 16.2 Å². The fraction of sp³-hybridized carbons (Fsp3) is 0.471. The molecule has 0 bridgehead atoms. The van der Waals surface area contributed by atoms with Gasteiger partial charge in [-0.15, -0.1) is 0 Å². The molecule has 142 valence electrons. The fourth-order valence-corrected chi connectivity index (χ4v) is 2.70. The van der Waals surface area contributed by atoms with E-state index in [1.807, 2.05) is 6.92 Å². The number of phenols is 1. The highest BCUT2D eigenvalue weighted by molar-refractivity contribution is 5.95. The molecule has 0 unspecified atom stereocenters. The number of rotatable bonds is 6. The minimum atomic E-state index is -0.608. The minimum absolute atomic E-state index is 0.0152. The predicted octanol–water partition coefficient (Wildman–Crippen LogP) is 0.594. The average Bonchev–Trinajstić information content (AvgIpc) is 2.60. The number of piperidine rings is 1. The highest BCUT2D eigenvalue weighted by Gasteiger charge is 2.38. The molecule has 0 radical (unpaired) electrons. The molecule has 9 heteroatoms. The lowest BCUT2D eigenvalue weighted by Gasteiger charge is -2.37. The van der Waals surface area contributed by atoms with Crippen LogP contribution in [0.25, 0.3) is 0 Å². The van der Waals surface area contributed by atoms with Crippen LogP contribution in [0.1, 0.15) is 25.3 Å². The van der Waals surface area contributed by atoms with E-state index in [0.717, 1.165) is 0 Å². The molecule has 0 aromatic heterocycles. The molecule has 0 atom stereocenters. The zero-order valence-corrected chi connectivity index (χ0v) is 14.7. The quantitative estimate of drug-likeness (QED) is 0.214. The van der Waals surface area contributed by atoms with Crippen molar-refractivity contribution in [1.29, 1.82) is 10.8 Å². The lowest BCUT2D eigenvalue weighted by atomic mass is 9.80. The number of aromatic hydroxyl groups is 1. The third kappa shape index (κ3) is 4.56. The Bertz CT molecular complexity index is 698. The van der Waals surface area contributed by atoms with Crippen molar-refractivity contribution in [2.75, 3.05) is 26.3 Å². The van der Waals surface area contributed by atoms with E-state index in [1.165, 1.54) is 18.2 Å². The number of nitrogens with zero attached hydrogens (tertiary/aromatic N) is 1. The Kier molecular flexibility index (Phi) is 5.91. The molecule has 2 rings (SSSR count). The van der Waals surface area contributed by atoms with Gasteiger partial charge in [0.25, 0.3) is 0 Å². The number of amidine groups is 1. The first-order valence-electron chi connectivity index (χ1n) is 8.29. The molecule has 0 saturated carbocycles. The molecule has 0 amide bonds. The Morgan fingerprint density at radius 1 is 1.27 bits per heavy atom. The van der Waals surface area contributed by atoms with Gasteiger partial charge < -0.3 is 30.9 Å². The largest absolute Gasteiger partial charge is 0.504 e. The lowest BCUT2D eigenvalue weighted by Crippen LogP contribution is -2.47. The Balaban J connectivity index is 1.81. The molecular weight excluding hydrogens is 338 g/mol. The Labute approximate surface area is 151 Å². The van der Waals surface area contributed by atoms with Gasteiger partial charge >= 0.3 is 5.97 Å². The average molecular weight is 363 g/mol. The topological polar surface area (TPSA) is 159 Å². The summed E-state index contributed by atoms with van der Waals surface area (Å²) in [6, 6.07) is 4.36. The number of ether oxygens (including phenoxy) is 2. The maximum atomic E-state index is 12.3. The molecule has 1 aliphatic heterocycles. The smallest absolute Gasteiger partial charge is 0.312 e. The van der Waals surface area contributed by atoms with E-state index < -0.39 is 5.41 Å².